The van der Waals surface area contributed by atoms with Crippen LogP contribution in [-0.2, 0) is 4.79 Å². The van der Waals surface area contributed by atoms with E-state index in [2.05, 4.69) is 29.3 Å². The summed E-state index contributed by atoms with van der Waals surface area (Å²) in [6, 6.07) is 20.1. The predicted octanol–water partition coefficient (Wildman–Crippen LogP) is 6.72. The lowest BCUT2D eigenvalue weighted by molar-refractivity contribution is -0.161. The van der Waals surface area contributed by atoms with Crippen molar-refractivity contribution in [2.24, 2.45) is 28.2 Å². The summed E-state index contributed by atoms with van der Waals surface area (Å²) in [4.78, 5) is 18.0. The predicted molar refractivity (Wildman–Crippen MR) is 130 cm³/mol. The Labute approximate surface area is 194 Å². The highest BCUT2D eigenvalue weighted by molar-refractivity contribution is 5.88. The summed E-state index contributed by atoms with van der Waals surface area (Å²) in [5.41, 5.74) is 1.51. The summed E-state index contributed by atoms with van der Waals surface area (Å²) in [6.07, 6.45) is 8.73. The fourth-order valence-corrected chi connectivity index (χ4v) is 6.82. The molecule has 0 radical (unpaired) electrons. The standard InChI is InChI=1S/C29H29NO3/c1-32-27-13-19(18-30-25-8-7-23-4-2-3-5-24(23)14-25)6-9-26(27)33-28(31)29-15-20-10-21(16-29)12-22(11-20)17-29/h2-9,13-14,18,20-22H,10-12,15-17H2,1H3. The highest BCUT2D eigenvalue weighted by Gasteiger charge is 2.55. The van der Waals surface area contributed by atoms with Crippen molar-refractivity contribution < 1.29 is 14.3 Å². The van der Waals surface area contributed by atoms with Gasteiger partial charge in [-0.1, -0.05) is 30.3 Å². The van der Waals surface area contributed by atoms with Crippen LogP contribution in [0.25, 0.3) is 10.8 Å². The average Bonchev–Trinajstić information content (AvgIpc) is 2.82. The number of aliphatic imine (C=N–C) groups is 1. The van der Waals surface area contributed by atoms with Gasteiger partial charge in [-0.15, -0.1) is 0 Å². The van der Waals surface area contributed by atoms with Crippen LogP contribution in [0.4, 0.5) is 5.69 Å². The van der Waals surface area contributed by atoms with Crippen LogP contribution in [0, 0.1) is 23.2 Å². The Balaban J connectivity index is 1.20. The third-order valence-corrected chi connectivity index (χ3v) is 7.96. The van der Waals surface area contributed by atoms with Crippen LogP contribution in [0.15, 0.2) is 65.7 Å². The number of nitrogens with zero attached hydrogens (tertiary/aromatic N) is 1. The second-order valence-electron chi connectivity index (χ2n) is 10.3. The number of hydrogen-bond donors (Lipinski definition) is 0. The Morgan fingerprint density at radius 1 is 0.879 bits per heavy atom. The van der Waals surface area contributed by atoms with Crippen molar-refractivity contribution in [3.8, 4) is 11.5 Å². The first-order chi connectivity index (χ1) is 16.1. The van der Waals surface area contributed by atoms with Gasteiger partial charge in [-0.25, -0.2) is 0 Å². The topological polar surface area (TPSA) is 47.9 Å². The van der Waals surface area contributed by atoms with Crippen molar-refractivity contribution in [2.75, 3.05) is 7.11 Å². The molecule has 4 saturated carbocycles. The van der Waals surface area contributed by atoms with E-state index in [0.717, 1.165) is 35.9 Å². The molecule has 7 rings (SSSR count). The van der Waals surface area contributed by atoms with Gasteiger partial charge in [0.1, 0.15) is 0 Å². The molecule has 4 nitrogen and oxygen atoms in total. The van der Waals surface area contributed by atoms with Crippen molar-refractivity contribution in [1.29, 1.82) is 0 Å². The van der Waals surface area contributed by atoms with Gasteiger partial charge in [0.25, 0.3) is 0 Å². The minimum Gasteiger partial charge on any atom is -0.493 e. The van der Waals surface area contributed by atoms with E-state index in [0.29, 0.717) is 29.3 Å². The van der Waals surface area contributed by atoms with E-state index in [1.165, 1.54) is 24.6 Å². The lowest BCUT2D eigenvalue weighted by atomic mass is 9.49. The zero-order valence-corrected chi connectivity index (χ0v) is 19.0. The first-order valence-electron chi connectivity index (χ1n) is 12.0. The van der Waals surface area contributed by atoms with Crippen molar-refractivity contribution in [1.82, 2.24) is 0 Å². The third-order valence-electron chi connectivity index (χ3n) is 7.96. The van der Waals surface area contributed by atoms with Gasteiger partial charge >= 0.3 is 5.97 Å². The second-order valence-corrected chi connectivity index (χ2v) is 10.3. The summed E-state index contributed by atoms with van der Waals surface area (Å²) in [5, 5.41) is 2.36. The normalized spacial score (nSPS) is 27.8. The van der Waals surface area contributed by atoms with E-state index < -0.39 is 0 Å². The first kappa shape index (κ1) is 20.5. The van der Waals surface area contributed by atoms with Crippen LogP contribution in [0.2, 0.25) is 0 Å². The lowest BCUT2D eigenvalue weighted by Crippen LogP contribution is -2.51. The highest BCUT2D eigenvalue weighted by Crippen LogP contribution is 2.60. The maximum absolute atomic E-state index is 13.3. The number of carbonyl (C=O) groups excluding carboxylic acids is 1. The van der Waals surface area contributed by atoms with Crippen molar-refractivity contribution >= 4 is 28.6 Å². The molecule has 4 aliphatic carbocycles. The molecule has 0 heterocycles. The summed E-state index contributed by atoms with van der Waals surface area (Å²) in [6.45, 7) is 0. The molecule has 4 bridgehead atoms. The largest absolute Gasteiger partial charge is 0.493 e. The maximum atomic E-state index is 13.3. The SMILES string of the molecule is COc1cc(C=Nc2ccc3ccccc3c2)ccc1OC(=O)C12CC3CC(CC(C3)C1)C2. The maximum Gasteiger partial charge on any atom is 0.317 e. The van der Waals surface area contributed by atoms with E-state index in [-0.39, 0.29) is 11.4 Å². The van der Waals surface area contributed by atoms with Gasteiger partial charge in [0.2, 0.25) is 0 Å². The molecular weight excluding hydrogens is 410 g/mol. The molecule has 0 aliphatic heterocycles. The van der Waals surface area contributed by atoms with Gasteiger partial charge in [-0.05, 0) is 103 Å². The van der Waals surface area contributed by atoms with Gasteiger partial charge in [-0.2, -0.15) is 0 Å². The van der Waals surface area contributed by atoms with Crippen LogP contribution >= 0.6 is 0 Å². The molecular formula is C29H29NO3. The molecule has 33 heavy (non-hydrogen) atoms. The Hall–Kier alpha value is -3.14. The van der Waals surface area contributed by atoms with Gasteiger partial charge in [-0.3, -0.25) is 9.79 Å². The number of rotatable bonds is 5. The average molecular weight is 440 g/mol. The van der Waals surface area contributed by atoms with Crippen molar-refractivity contribution in [2.45, 2.75) is 38.5 Å². The minimum atomic E-state index is -0.282. The smallest absolute Gasteiger partial charge is 0.317 e. The number of fused-ring (bicyclic) bond motifs is 1. The molecule has 0 amide bonds. The molecule has 4 fully saturated rings. The molecule has 0 saturated heterocycles. The fourth-order valence-electron chi connectivity index (χ4n) is 6.82. The lowest BCUT2D eigenvalue weighted by Gasteiger charge is -2.55. The highest BCUT2D eigenvalue weighted by atomic mass is 16.6. The monoisotopic (exact) mass is 439 g/mol. The van der Waals surface area contributed by atoms with E-state index >= 15 is 0 Å². The Morgan fingerprint density at radius 2 is 1.58 bits per heavy atom. The number of hydrogen-bond acceptors (Lipinski definition) is 4. The Kier molecular flexibility index (Phi) is 4.97. The number of methoxy groups -OCH3 is 1. The zero-order valence-electron chi connectivity index (χ0n) is 19.0. The number of esters is 1. The van der Waals surface area contributed by atoms with Crippen LogP contribution in [0.5, 0.6) is 11.5 Å². The summed E-state index contributed by atoms with van der Waals surface area (Å²) in [7, 11) is 1.61. The summed E-state index contributed by atoms with van der Waals surface area (Å²) < 4.78 is 11.6. The zero-order chi connectivity index (χ0) is 22.4. The third kappa shape index (κ3) is 3.82. The van der Waals surface area contributed by atoms with Crippen molar-refractivity contribution in [3.63, 3.8) is 0 Å². The first-order valence-corrected chi connectivity index (χ1v) is 12.0. The van der Waals surface area contributed by atoms with Crippen LogP contribution in [0.3, 0.4) is 0 Å². The minimum absolute atomic E-state index is 0.0579. The summed E-state index contributed by atoms with van der Waals surface area (Å²) in [5.74, 6) is 3.13. The fraction of sp³-hybridized carbons (Fsp3) is 0.379. The van der Waals surface area contributed by atoms with Gasteiger partial charge in [0, 0.05) is 6.21 Å². The molecule has 3 aromatic rings. The quantitative estimate of drug-likeness (QED) is 0.252. The van der Waals surface area contributed by atoms with E-state index in [4.69, 9.17) is 9.47 Å². The summed E-state index contributed by atoms with van der Waals surface area (Å²) >= 11 is 0. The molecule has 4 aliphatic rings. The van der Waals surface area contributed by atoms with E-state index in [1.807, 2.05) is 42.6 Å². The molecule has 4 heteroatoms. The van der Waals surface area contributed by atoms with Crippen LogP contribution < -0.4 is 9.47 Å². The molecule has 168 valence electrons. The molecule has 0 spiro atoms. The van der Waals surface area contributed by atoms with Crippen LogP contribution in [-0.4, -0.2) is 19.3 Å². The van der Waals surface area contributed by atoms with Crippen LogP contribution in [0.1, 0.15) is 44.1 Å². The number of ether oxygens (including phenoxy) is 2. The molecule has 0 atom stereocenters. The van der Waals surface area contributed by atoms with E-state index in [1.54, 1.807) is 7.11 Å². The molecule has 0 aromatic heterocycles. The Morgan fingerprint density at radius 3 is 2.27 bits per heavy atom. The second kappa shape index (κ2) is 8.02. The Bertz CT molecular complexity index is 1210. The van der Waals surface area contributed by atoms with Crippen molar-refractivity contribution in [3.05, 3.63) is 66.2 Å². The number of benzene rings is 3. The van der Waals surface area contributed by atoms with E-state index in [9.17, 15) is 4.79 Å². The molecule has 0 N–H and O–H groups in total. The van der Waals surface area contributed by atoms with Gasteiger partial charge in [0.15, 0.2) is 11.5 Å². The molecule has 0 unspecified atom stereocenters. The number of carbonyl (C=O) groups is 1. The van der Waals surface area contributed by atoms with Gasteiger partial charge in [0.05, 0.1) is 18.2 Å². The molecule has 3 aromatic carbocycles. The van der Waals surface area contributed by atoms with Gasteiger partial charge < -0.3 is 9.47 Å².